The summed E-state index contributed by atoms with van der Waals surface area (Å²) in [5, 5.41) is 0. The van der Waals surface area contributed by atoms with Gasteiger partial charge in [0.1, 0.15) is 6.61 Å². The van der Waals surface area contributed by atoms with Crippen molar-refractivity contribution >= 4 is 36.3 Å². The summed E-state index contributed by atoms with van der Waals surface area (Å²) >= 11 is 0. The Morgan fingerprint density at radius 1 is 0.686 bits per heavy atom. The van der Waals surface area contributed by atoms with Crippen LogP contribution < -0.4 is 0 Å². The van der Waals surface area contributed by atoms with E-state index in [2.05, 4.69) is 0 Å². The average Bonchev–Trinajstić information content (AvgIpc) is 2.70. The van der Waals surface area contributed by atoms with Crippen molar-refractivity contribution in [2.24, 2.45) is 0 Å². The Hall–Kier alpha value is -1.62. The number of hydrogen-bond donors (Lipinski definition) is 3. The van der Waals surface area contributed by atoms with Crippen molar-refractivity contribution in [3.05, 3.63) is 35.9 Å². The first-order chi connectivity index (χ1) is 16.1. The third-order valence-electron chi connectivity index (χ3n) is 5.36. The molecule has 12 nitrogen and oxygen atoms in total. The molecule has 0 saturated heterocycles. The van der Waals surface area contributed by atoms with Crippen molar-refractivity contribution < 1.29 is 52.9 Å². The van der Waals surface area contributed by atoms with Crippen molar-refractivity contribution in [2.45, 2.75) is 38.7 Å². The normalized spacial score (nSPS) is 13.0. The fourth-order valence-electron chi connectivity index (χ4n) is 3.79. The number of ether oxygens (including phenoxy) is 1. The first kappa shape index (κ1) is 31.4. The molecular formula is C20H34NO11S3+. The maximum atomic E-state index is 12.2. The lowest BCUT2D eigenvalue weighted by Gasteiger charge is -2.39. The molecule has 0 fully saturated rings. The molecule has 0 unspecified atom stereocenters. The molecule has 35 heavy (non-hydrogen) atoms. The van der Waals surface area contributed by atoms with Gasteiger partial charge in [0.05, 0.1) is 49.9 Å². The van der Waals surface area contributed by atoms with Gasteiger partial charge in [-0.1, -0.05) is 30.3 Å². The largest absolute Gasteiger partial charge is 0.461 e. The highest BCUT2D eigenvalue weighted by Crippen LogP contribution is 2.16. The van der Waals surface area contributed by atoms with Gasteiger partial charge in [-0.2, -0.15) is 25.3 Å². The Morgan fingerprint density at radius 3 is 1.49 bits per heavy atom. The third kappa shape index (κ3) is 16.6. The van der Waals surface area contributed by atoms with Crippen molar-refractivity contribution in [2.75, 3.05) is 43.4 Å². The van der Waals surface area contributed by atoms with Crippen molar-refractivity contribution in [1.29, 1.82) is 0 Å². The number of carbonyl (C=O) groups excluding carboxylic acids is 1. The summed E-state index contributed by atoms with van der Waals surface area (Å²) in [5.74, 6) is -2.13. The molecular weight excluding hydrogens is 526 g/mol. The Bertz CT molecular complexity index is 1010. The lowest BCUT2D eigenvalue weighted by atomic mass is 10.2. The van der Waals surface area contributed by atoms with Crippen LogP contribution in [-0.4, -0.2) is 92.8 Å². The number of quaternary nitrogens is 1. The van der Waals surface area contributed by atoms with Gasteiger partial charge in [0.25, 0.3) is 30.4 Å². The minimum Gasteiger partial charge on any atom is -0.461 e. The lowest BCUT2D eigenvalue weighted by Crippen LogP contribution is -2.52. The zero-order valence-corrected chi connectivity index (χ0v) is 21.8. The van der Waals surface area contributed by atoms with Gasteiger partial charge in [0.2, 0.25) is 0 Å². The summed E-state index contributed by atoms with van der Waals surface area (Å²) in [5.41, 5.74) is 0.812. The molecule has 0 bridgehead atoms. The highest BCUT2D eigenvalue weighted by atomic mass is 32.2. The van der Waals surface area contributed by atoms with Gasteiger partial charge in [-0.3, -0.25) is 18.5 Å². The molecule has 15 heteroatoms. The van der Waals surface area contributed by atoms with Gasteiger partial charge < -0.3 is 9.22 Å². The molecule has 0 atom stereocenters. The Balaban J connectivity index is 2.86. The maximum Gasteiger partial charge on any atom is 0.306 e. The van der Waals surface area contributed by atoms with Gasteiger partial charge in [0.15, 0.2) is 0 Å². The van der Waals surface area contributed by atoms with Crippen molar-refractivity contribution in [1.82, 2.24) is 0 Å². The van der Waals surface area contributed by atoms with E-state index in [1.807, 2.05) is 6.07 Å². The lowest BCUT2D eigenvalue weighted by molar-refractivity contribution is -0.928. The molecule has 0 aliphatic carbocycles. The number of benzene rings is 1. The van der Waals surface area contributed by atoms with Crippen molar-refractivity contribution in [3.8, 4) is 0 Å². The predicted molar refractivity (Wildman–Crippen MR) is 128 cm³/mol. The highest BCUT2D eigenvalue weighted by molar-refractivity contribution is 7.86. The van der Waals surface area contributed by atoms with Gasteiger partial charge >= 0.3 is 5.97 Å². The van der Waals surface area contributed by atoms with Crippen LogP contribution in [0.25, 0.3) is 0 Å². The minimum absolute atomic E-state index is 0.00492. The van der Waals surface area contributed by atoms with E-state index in [4.69, 9.17) is 18.4 Å². The van der Waals surface area contributed by atoms with Gasteiger partial charge in [-0.25, -0.2) is 0 Å². The molecule has 0 radical (unpaired) electrons. The number of rotatable bonds is 18. The van der Waals surface area contributed by atoms with Crippen LogP contribution in [-0.2, 0) is 46.5 Å². The summed E-state index contributed by atoms with van der Waals surface area (Å²) in [4.78, 5) is 12.2. The van der Waals surface area contributed by atoms with E-state index in [0.717, 1.165) is 5.56 Å². The molecule has 1 aromatic carbocycles. The monoisotopic (exact) mass is 560 g/mol. The molecule has 202 valence electrons. The summed E-state index contributed by atoms with van der Waals surface area (Å²) < 4.78 is 99.4. The van der Waals surface area contributed by atoms with Gasteiger partial charge in [-0.05, 0) is 5.56 Å². The maximum absolute atomic E-state index is 12.2. The first-order valence-electron chi connectivity index (χ1n) is 11.0. The molecule has 3 N–H and O–H groups in total. The van der Waals surface area contributed by atoms with Crippen LogP contribution in [0.5, 0.6) is 0 Å². The third-order valence-corrected chi connectivity index (χ3v) is 7.77. The Morgan fingerprint density at radius 2 is 1.09 bits per heavy atom. The minimum atomic E-state index is -4.26. The SMILES string of the molecule is O=C(CCC[N+](CCCS(=O)(=O)O)(CCCS(=O)(=O)O)CCCS(=O)(=O)O)OCc1ccccc1. The van der Waals surface area contributed by atoms with E-state index in [0.29, 0.717) is 0 Å². The van der Waals surface area contributed by atoms with Crippen LogP contribution >= 0.6 is 0 Å². The molecule has 0 amide bonds. The molecule has 1 aromatic rings. The number of esters is 1. The Kier molecular flexibility index (Phi) is 12.7. The first-order valence-corrected chi connectivity index (χ1v) is 15.8. The highest BCUT2D eigenvalue weighted by Gasteiger charge is 2.29. The van der Waals surface area contributed by atoms with E-state index in [1.54, 1.807) is 24.3 Å². The van der Waals surface area contributed by atoms with Gasteiger partial charge in [-0.15, -0.1) is 0 Å². The van der Waals surface area contributed by atoms with Crippen LogP contribution in [0.15, 0.2) is 30.3 Å². The summed E-state index contributed by atoms with van der Waals surface area (Å²) in [6.07, 6.45) is 0.276. The zero-order chi connectivity index (χ0) is 26.6. The number of hydrogen-bond acceptors (Lipinski definition) is 8. The standard InChI is InChI=1S/C20H33NO11S3/c22-20(32-18-19-8-2-1-3-9-19)10-4-11-21(12-5-15-33(23,24)25,13-6-16-34(26,27)28)14-7-17-35(29,30)31/h1-3,8-9H,4-7,10-18H2,(H2-,23,24,25,26,27,28,29,30,31)/p+1. The van der Waals surface area contributed by atoms with Gasteiger partial charge in [0, 0.05) is 25.7 Å². The fraction of sp³-hybridized carbons (Fsp3) is 0.650. The van der Waals surface area contributed by atoms with Crippen LogP contribution in [0, 0.1) is 0 Å². The van der Waals surface area contributed by atoms with Crippen LogP contribution in [0.3, 0.4) is 0 Å². The van der Waals surface area contributed by atoms with Crippen LogP contribution in [0.2, 0.25) is 0 Å². The zero-order valence-electron chi connectivity index (χ0n) is 19.4. The summed E-state index contributed by atoms with van der Waals surface area (Å²) in [7, 11) is -12.8. The number of carbonyl (C=O) groups is 1. The van der Waals surface area contributed by atoms with E-state index in [9.17, 15) is 30.0 Å². The Labute approximate surface area is 207 Å². The fourth-order valence-corrected chi connectivity index (χ4v) is 5.27. The molecule has 0 aliphatic rings. The second kappa shape index (κ2) is 14.2. The van der Waals surface area contributed by atoms with E-state index < -0.39 is 53.6 Å². The van der Waals surface area contributed by atoms with E-state index in [-0.39, 0.29) is 69.4 Å². The molecule has 0 heterocycles. The quantitative estimate of drug-likeness (QED) is 0.133. The van der Waals surface area contributed by atoms with Crippen LogP contribution in [0.4, 0.5) is 0 Å². The number of nitrogens with zero attached hydrogens (tertiary/aromatic N) is 1. The van der Waals surface area contributed by atoms with Crippen LogP contribution in [0.1, 0.15) is 37.7 Å². The van der Waals surface area contributed by atoms with E-state index >= 15 is 0 Å². The molecule has 1 rings (SSSR count). The average molecular weight is 561 g/mol. The van der Waals surface area contributed by atoms with Crippen molar-refractivity contribution in [3.63, 3.8) is 0 Å². The molecule has 0 saturated carbocycles. The summed E-state index contributed by atoms with van der Waals surface area (Å²) in [6.45, 7) is 0.751. The molecule has 0 spiro atoms. The second-order valence-electron chi connectivity index (χ2n) is 8.40. The summed E-state index contributed by atoms with van der Waals surface area (Å²) in [6, 6.07) is 9.04. The second-order valence-corrected chi connectivity index (χ2v) is 13.1. The van der Waals surface area contributed by atoms with E-state index in [1.165, 1.54) is 0 Å². The smallest absolute Gasteiger partial charge is 0.306 e. The predicted octanol–water partition coefficient (Wildman–Crippen LogP) is 1.16. The molecule has 0 aliphatic heterocycles. The topological polar surface area (TPSA) is 189 Å². The molecule has 0 aromatic heterocycles.